The van der Waals surface area contributed by atoms with E-state index in [0.717, 1.165) is 13.1 Å². The molecule has 2 atom stereocenters. The molecule has 0 N–H and O–H groups in total. The number of unbranched alkanes of at least 4 members (excludes halogenated alkanes) is 2. The van der Waals surface area contributed by atoms with E-state index < -0.39 is 0 Å². The summed E-state index contributed by atoms with van der Waals surface area (Å²) < 4.78 is 2.51. The predicted octanol–water partition coefficient (Wildman–Crippen LogP) is 15.8. The van der Waals surface area contributed by atoms with Crippen LogP contribution < -0.4 is 4.90 Å². The molecular weight excluding hydrogens is 725 g/mol. The van der Waals surface area contributed by atoms with E-state index in [4.69, 9.17) is 0 Å². The van der Waals surface area contributed by atoms with Gasteiger partial charge in [0, 0.05) is 46.5 Å². The van der Waals surface area contributed by atoms with Crippen LogP contribution in [0.25, 0.3) is 87.9 Å². The number of benzene rings is 8. The fourth-order valence-corrected chi connectivity index (χ4v) is 10.4. The standard InChI is InChI=1S/C58H50N2/c1-3-5-35-59-53-21-13-11-15-45(53)51-37-43(31-33-55(51)59)39-23-27-41(28-24-39)57-47-17-7-9-19-49(47)58(50-20-10-8-18-48(50)57)42-29-25-40(26-30-42)44-32-34-56-52(38-44)46-16-12-14-22-54(46)60(56)36-6-4-2/h7-34,37-38,45,53H,3-6,35-36H2,1-2H3. The van der Waals surface area contributed by atoms with Crippen LogP contribution in [0.3, 0.4) is 0 Å². The summed E-state index contributed by atoms with van der Waals surface area (Å²) in [5, 5.41) is 7.78. The molecule has 11 rings (SSSR count). The average Bonchev–Trinajstić information content (AvgIpc) is 3.80. The van der Waals surface area contributed by atoms with E-state index in [1.807, 2.05) is 0 Å². The van der Waals surface area contributed by atoms with Gasteiger partial charge >= 0.3 is 0 Å². The van der Waals surface area contributed by atoms with Crippen LogP contribution in [0.2, 0.25) is 0 Å². The van der Waals surface area contributed by atoms with Gasteiger partial charge in [-0.1, -0.05) is 178 Å². The molecule has 0 fully saturated rings. The molecule has 2 heterocycles. The second-order valence-electron chi connectivity index (χ2n) is 16.9. The summed E-state index contributed by atoms with van der Waals surface area (Å²) >= 11 is 0. The number of aryl methyl sites for hydroxylation is 1. The third-order valence-electron chi connectivity index (χ3n) is 13.4. The van der Waals surface area contributed by atoms with E-state index >= 15 is 0 Å². The van der Waals surface area contributed by atoms with Crippen molar-refractivity contribution in [2.45, 2.75) is 58.0 Å². The van der Waals surface area contributed by atoms with Crippen molar-refractivity contribution in [3.8, 4) is 44.5 Å². The molecule has 292 valence electrons. The Labute approximate surface area is 353 Å². The molecule has 2 nitrogen and oxygen atoms in total. The number of fused-ring (bicyclic) bond motifs is 8. The monoisotopic (exact) mass is 774 g/mol. The Balaban J connectivity index is 0.956. The van der Waals surface area contributed by atoms with E-state index in [1.165, 1.54) is 125 Å². The number of anilines is 1. The number of rotatable bonds is 10. The lowest BCUT2D eigenvalue weighted by molar-refractivity contribution is 0.644. The molecule has 0 amide bonds. The van der Waals surface area contributed by atoms with Crippen LogP contribution in [0.4, 0.5) is 5.69 Å². The number of hydrogen-bond donors (Lipinski definition) is 0. The van der Waals surface area contributed by atoms with Gasteiger partial charge in [-0.15, -0.1) is 0 Å². The summed E-state index contributed by atoms with van der Waals surface area (Å²) in [4.78, 5) is 2.62. The Morgan fingerprint density at radius 2 is 0.900 bits per heavy atom. The highest BCUT2D eigenvalue weighted by atomic mass is 15.2. The van der Waals surface area contributed by atoms with Crippen LogP contribution in [0.15, 0.2) is 182 Å². The SMILES string of the molecule is CCCCN1c2ccc(-c3ccc(-c4c5ccccc5c(-c5ccc(-c6ccc7c(c6)c6ccccc6n7CCCC)cc5)c5ccccc45)cc3)cc2C2C=CC=CC21. The van der Waals surface area contributed by atoms with E-state index in [-0.39, 0.29) is 0 Å². The molecule has 2 unspecified atom stereocenters. The van der Waals surface area contributed by atoms with Crippen molar-refractivity contribution in [3.05, 3.63) is 188 Å². The second-order valence-corrected chi connectivity index (χ2v) is 16.9. The summed E-state index contributed by atoms with van der Waals surface area (Å²) in [7, 11) is 0. The van der Waals surface area contributed by atoms with Crippen LogP contribution >= 0.6 is 0 Å². The molecule has 0 saturated heterocycles. The molecule has 1 aliphatic carbocycles. The Morgan fingerprint density at radius 3 is 1.52 bits per heavy atom. The number of nitrogens with zero attached hydrogens (tertiary/aromatic N) is 2. The van der Waals surface area contributed by atoms with Gasteiger partial charge in [-0.2, -0.15) is 0 Å². The third kappa shape index (κ3) is 6.00. The Kier molecular flexibility index (Phi) is 9.22. The van der Waals surface area contributed by atoms with E-state index in [9.17, 15) is 0 Å². The highest BCUT2D eigenvalue weighted by molar-refractivity contribution is 6.21. The molecule has 0 saturated carbocycles. The first-order chi connectivity index (χ1) is 29.7. The average molecular weight is 775 g/mol. The van der Waals surface area contributed by atoms with E-state index in [0.29, 0.717) is 12.0 Å². The van der Waals surface area contributed by atoms with Crippen molar-refractivity contribution in [2.24, 2.45) is 0 Å². The van der Waals surface area contributed by atoms with Crippen LogP contribution in [0.5, 0.6) is 0 Å². The molecule has 2 heteroatoms. The Hall–Kier alpha value is -6.64. The zero-order valence-electron chi connectivity index (χ0n) is 34.6. The molecule has 1 aromatic heterocycles. The summed E-state index contributed by atoms with van der Waals surface area (Å²) in [5.41, 5.74) is 15.6. The van der Waals surface area contributed by atoms with E-state index in [2.05, 4.69) is 205 Å². The van der Waals surface area contributed by atoms with Crippen LogP contribution in [-0.2, 0) is 6.54 Å². The van der Waals surface area contributed by atoms with Gasteiger partial charge < -0.3 is 9.47 Å². The van der Waals surface area contributed by atoms with Crippen molar-refractivity contribution < 1.29 is 0 Å². The maximum Gasteiger partial charge on any atom is 0.0580 e. The smallest absolute Gasteiger partial charge is 0.0580 e. The van der Waals surface area contributed by atoms with Gasteiger partial charge in [0.25, 0.3) is 0 Å². The van der Waals surface area contributed by atoms with Crippen LogP contribution in [0.1, 0.15) is 51.0 Å². The summed E-state index contributed by atoms with van der Waals surface area (Å²) in [6, 6.07) is 60.0. The molecule has 9 aromatic rings. The van der Waals surface area contributed by atoms with Gasteiger partial charge in [0.15, 0.2) is 0 Å². The third-order valence-corrected chi connectivity index (χ3v) is 13.4. The van der Waals surface area contributed by atoms with Crippen molar-refractivity contribution in [1.29, 1.82) is 0 Å². The quantitative estimate of drug-likeness (QED) is 0.126. The molecule has 8 aromatic carbocycles. The number of hydrogen-bond acceptors (Lipinski definition) is 1. The molecular formula is C58H50N2. The lowest BCUT2D eigenvalue weighted by Crippen LogP contribution is -2.33. The summed E-state index contributed by atoms with van der Waals surface area (Å²) in [5.74, 6) is 0.410. The lowest BCUT2D eigenvalue weighted by atomic mass is 9.85. The Bertz CT molecular complexity index is 3070. The van der Waals surface area contributed by atoms with Gasteiger partial charge in [0.2, 0.25) is 0 Å². The maximum atomic E-state index is 2.62. The minimum absolute atomic E-state index is 0.410. The summed E-state index contributed by atoms with van der Waals surface area (Å²) in [6.07, 6.45) is 14.0. The summed E-state index contributed by atoms with van der Waals surface area (Å²) in [6.45, 7) is 6.70. The molecule has 60 heavy (non-hydrogen) atoms. The zero-order valence-corrected chi connectivity index (χ0v) is 34.6. The molecule has 2 aliphatic rings. The number of para-hydroxylation sites is 1. The lowest BCUT2D eigenvalue weighted by Gasteiger charge is -2.28. The van der Waals surface area contributed by atoms with Crippen molar-refractivity contribution in [2.75, 3.05) is 11.4 Å². The molecule has 0 spiro atoms. The molecule has 1 aliphatic heterocycles. The van der Waals surface area contributed by atoms with Crippen LogP contribution in [0, 0.1) is 0 Å². The highest BCUT2D eigenvalue weighted by Crippen LogP contribution is 2.47. The molecule has 0 bridgehead atoms. The topological polar surface area (TPSA) is 8.17 Å². The van der Waals surface area contributed by atoms with Crippen LogP contribution in [-0.4, -0.2) is 17.2 Å². The first-order valence-electron chi connectivity index (χ1n) is 22.1. The Morgan fingerprint density at radius 1 is 0.417 bits per heavy atom. The van der Waals surface area contributed by atoms with E-state index in [1.54, 1.807) is 0 Å². The second kappa shape index (κ2) is 15.2. The fraction of sp³-hybridized carbons (Fsp3) is 0.172. The number of allylic oxidation sites excluding steroid dienone is 2. The normalized spacial score (nSPS) is 15.7. The van der Waals surface area contributed by atoms with Gasteiger partial charge in [-0.05, 0) is 115 Å². The van der Waals surface area contributed by atoms with Gasteiger partial charge in [0.1, 0.15) is 0 Å². The maximum absolute atomic E-state index is 2.62. The predicted molar refractivity (Wildman–Crippen MR) is 258 cm³/mol. The molecule has 0 radical (unpaired) electrons. The van der Waals surface area contributed by atoms with Gasteiger partial charge in [-0.3, -0.25) is 0 Å². The van der Waals surface area contributed by atoms with Crippen molar-refractivity contribution in [3.63, 3.8) is 0 Å². The largest absolute Gasteiger partial charge is 0.364 e. The fourth-order valence-electron chi connectivity index (χ4n) is 10.4. The van der Waals surface area contributed by atoms with Crippen molar-refractivity contribution in [1.82, 2.24) is 4.57 Å². The highest BCUT2D eigenvalue weighted by Gasteiger charge is 2.36. The van der Waals surface area contributed by atoms with Gasteiger partial charge in [0.05, 0.1) is 6.04 Å². The minimum Gasteiger partial charge on any atom is -0.364 e. The van der Waals surface area contributed by atoms with Gasteiger partial charge in [-0.25, -0.2) is 0 Å². The first-order valence-corrected chi connectivity index (χ1v) is 22.1. The minimum atomic E-state index is 0.410. The van der Waals surface area contributed by atoms with Crippen molar-refractivity contribution >= 4 is 49.0 Å². The zero-order chi connectivity index (χ0) is 40.2. The number of aromatic nitrogens is 1. The first kappa shape index (κ1) is 36.4.